The molecule has 0 aromatic heterocycles. The number of amides is 1. The lowest BCUT2D eigenvalue weighted by Crippen LogP contribution is -2.37. The van der Waals surface area contributed by atoms with E-state index in [1.54, 1.807) is 0 Å². The lowest BCUT2D eigenvalue weighted by Gasteiger charge is -2.13. The van der Waals surface area contributed by atoms with Gasteiger partial charge in [0.1, 0.15) is 0 Å². The highest BCUT2D eigenvalue weighted by atomic mass is 16.2. The molecule has 0 aliphatic heterocycles. The summed E-state index contributed by atoms with van der Waals surface area (Å²) in [6.07, 6.45) is 2.70. The van der Waals surface area contributed by atoms with E-state index in [9.17, 15) is 4.79 Å². The number of carbonyl (C=O) groups is 1. The molecule has 1 aliphatic rings. The highest BCUT2D eigenvalue weighted by Crippen LogP contribution is 2.44. The van der Waals surface area contributed by atoms with E-state index in [4.69, 9.17) is 5.73 Å². The van der Waals surface area contributed by atoms with Crippen molar-refractivity contribution in [3.05, 3.63) is 60.2 Å². The van der Waals surface area contributed by atoms with E-state index in [1.807, 2.05) is 18.2 Å². The predicted molar refractivity (Wildman–Crippen MR) is 89.3 cm³/mol. The highest BCUT2D eigenvalue weighted by Gasteiger charge is 2.48. The predicted octanol–water partition coefficient (Wildman–Crippen LogP) is 2.75. The molecule has 1 saturated carbocycles. The maximum absolute atomic E-state index is 12.0. The monoisotopic (exact) mass is 294 g/mol. The molecular formula is C19H22N2O. The minimum absolute atomic E-state index is 0.120. The molecule has 0 atom stereocenters. The molecule has 3 rings (SSSR count). The Balaban J connectivity index is 1.58. The fraction of sp³-hybridized carbons (Fsp3) is 0.316. The Morgan fingerprint density at radius 3 is 2.45 bits per heavy atom. The summed E-state index contributed by atoms with van der Waals surface area (Å²) in [5.41, 5.74) is 9.08. The topological polar surface area (TPSA) is 55.1 Å². The first-order chi connectivity index (χ1) is 10.7. The second kappa shape index (κ2) is 6.32. The lowest BCUT2D eigenvalue weighted by molar-refractivity contribution is -0.125. The van der Waals surface area contributed by atoms with Gasteiger partial charge in [0.2, 0.25) is 5.91 Å². The fourth-order valence-electron chi connectivity index (χ4n) is 2.72. The summed E-state index contributed by atoms with van der Waals surface area (Å²) >= 11 is 0. The van der Waals surface area contributed by atoms with Crippen molar-refractivity contribution in [1.29, 1.82) is 0 Å². The summed E-state index contributed by atoms with van der Waals surface area (Å²) in [5.74, 6) is 0.120. The normalized spacial score (nSPS) is 15.3. The van der Waals surface area contributed by atoms with Gasteiger partial charge in [0.25, 0.3) is 0 Å². The molecular weight excluding hydrogens is 272 g/mol. The summed E-state index contributed by atoms with van der Waals surface area (Å²) < 4.78 is 0. The Kier molecular flexibility index (Phi) is 4.25. The van der Waals surface area contributed by atoms with Crippen molar-refractivity contribution >= 4 is 5.91 Å². The Bertz CT molecular complexity index is 647. The minimum atomic E-state index is -0.258. The SMILES string of the molecule is NCC1(C(=O)NCCc2cccc(-c3ccccc3)c2)CC1. The summed E-state index contributed by atoms with van der Waals surface area (Å²) in [5, 5.41) is 3.03. The molecule has 2 aromatic rings. The fourth-order valence-corrected chi connectivity index (χ4v) is 2.72. The van der Waals surface area contributed by atoms with E-state index in [1.165, 1.54) is 16.7 Å². The van der Waals surface area contributed by atoms with Crippen LogP contribution in [0.4, 0.5) is 0 Å². The van der Waals surface area contributed by atoms with Crippen molar-refractivity contribution in [2.24, 2.45) is 11.1 Å². The molecule has 3 nitrogen and oxygen atoms in total. The molecule has 1 amide bonds. The van der Waals surface area contributed by atoms with Crippen LogP contribution in [-0.4, -0.2) is 19.0 Å². The van der Waals surface area contributed by atoms with Gasteiger partial charge in [0, 0.05) is 13.1 Å². The van der Waals surface area contributed by atoms with Crippen molar-refractivity contribution in [2.75, 3.05) is 13.1 Å². The van der Waals surface area contributed by atoms with Gasteiger partial charge in [0.15, 0.2) is 0 Å². The molecule has 1 aliphatic carbocycles. The third-order valence-corrected chi connectivity index (χ3v) is 4.46. The Morgan fingerprint density at radius 2 is 1.77 bits per heavy atom. The standard InChI is InChI=1S/C19H22N2O/c20-14-19(10-11-19)18(22)21-12-9-15-5-4-8-17(13-15)16-6-2-1-3-7-16/h1-8,13H,9-12,14,20H2,(H,21,22). The molecule has 1 fully saturated rings. The Labute approximate surface area is 131 Å². The van der Waals surface area contributed by atoms with Crippen molar-refractivity contribution in [3.63, 3.8) is 0 Å². The molecule has 3 heteroatoms. The zero-order chi connectivity index (χ0) is 15.4. The van der Waals surface area contributed by atoms with E-state index < -0.39 is 0 Å². The third-order valence-electron chi connectivity index (χ3n) is 4.46. The van der Waals surface area contributed by atoms with Gasteiger partial charge in [-0.1, -0.05) is 54.6 Å². The van der Waals surface area contributed by atoms with Crippen molar-refractivity contribution in [3.8, 4) is 11.1 Å². The molecule has 0 saturated heterocycles. The number of rotatable bonds is 6. The van der Waals surface area contributed by atoms with Crippen LogP contribution in [0.15, 0.2) is 54.6 Å². The maximum Gasteiger partial charge on any atom is 0.227 e. The second-order valence-electron chi connectivity index (χ2n) is 6.06. The first-order valence-corrected chi connectivity index (χ1v) is 7.86. The molecule has 3 N–H and O–H groups in total. The van der Waals surface area contributed by atoms with Gasteiger partial charge in [-0.25, -0.2) is 0 Å². The van der Waals surface area contributed by atoms with E-state index >= 15 is 0 Å². The molecule has 114 valence electrons. The largest absolute Gasteiger partial charge is 0.355 e. The third kappa shape index (κ3) is 3.20. The summed E-state index contributed by atoms with van der Waals surface area (Å²) in [6.45, 7) is 1.13. The van der Waals surface area contributed by atoms with Gasteiger partial charge >= 0.3 is 0 Å². The number of benzene rings is 2. The van der Waals surface area contributed by atoms with Gasteiger partial charge in [-0.2, -0.15) is 0 Å². The molecule has 2 aromatic carbocycles. The average Bonchev–Trinajstić information content (AvgIpc) is 3.37. The van der Waals surface area contributed by atoms with Crippen LogP contribution in [0.3, 0.4) is 0 Å². The van der Waals surface area contributed by atoms with Crippen LogP contribution in [0, 0.1) is 5.41 Å². The van der Waals surface area contributed by atoms with E-state index in [2.05, 4.69) is 41.7 Å². The smallest absolute Gasteiger partial charge is 0.227 e. The van der Waals surface area contributed by atoms with Crippen LogP contribution < -0.4 is 11.1 Å². The molecule has 0 radical (unpaired) electrons. The number of nitrogens with two attached hydrogens (primary N) is 1. The van der Waals surface area contributed by atoms with Crippen molar-refractivity contribution in [2.45, 2.75) is 19.3 Å². The second-order valence-corrected chi connectivity index (χ2v) is 6.06. The van der Waals surface area contributed by atoms with Crippen LogP contribution >= 0.6 is 0 Å². The summed E-state index contributed by atoms with van der Waals surface area (Å²) in [7, 11) is 0. The maximum atomic E-state index is 12.0. The highest BCUT2D eigenvalue weighted by molar-refractivity contribution is 5.85. The zero-order valence-corrected chi connectivity index (χ0v) is 12.7. The Hall–Kier alpha value is -2.13. The van der Waals surface area contributed by atoms with E-state index in [-0.39, 0.29) is 11.3 Å². The van der Waals surface area contributed by atoms with Gasteiger partial charge < -0.3 is 11.1 Å². The quantitative estimate of drug-likeness (QED) is 0.860. The summed E-state index contributed by atoms with van der Waals surface area (Å²) in [4.78, 5) is 12.0. The zero-order valence-electron chi connectivity index (χ0n) is 12.7. The van der Waals surface area contributed by atoms with Crippen LogP contribution in [0.5, 0.6) is 0 Å². The van der Waals surface area contributed by atoms with Crippen LogP contribution in [0.2, 0.25) is 0 Å². The molecule has 0 bridgehead atoms. The van der Waals surface area contributed by atoms with Crippen molar-refractivity contribution in [1.82, 2.24) is 5.32 Å². The molecule has 22 heavy (non-hydrogen) atoms. The molecule has 0 spiro atoms. The van der Waals surface area contributed by atoms with Crippen LogP contribution in [0.1, 0.15) is 18.4 Å². The lowest BCUT2D eigenvalue weighted by atomic mass is 10.0. The number of hydrogen-bond acceptors (Lipinski definition) is 2. The minimum Gasteiger partial charge on any atom is -0.355 e. The number of carbonyl (C=O) groups excluding carboxylic acids is 1. The van der Waals surface area contributed by atoms with Crippen LogP contribution in [-0.2, 0) is 11.2 Å². The van der Waals surface area contributed by atoms with Crippen LogP contribution in [0.25, 0.3) is 11.1 Å². The molecule has 0 unspecified atom stereocenters. The van der Waals surface area contributed by atoms with Gasteiger partial charge in [-0.3, -0.25) is 4.79 Å². The number of hydrogen-bond donors (Lipinski definition) is 2. The summed E-state index contributed by atoms with van der Waals surface area (Å²) in [6, 6.07) is 18.8. The first-order valence-electron chi connectivity index (χ1n) is 7.86. The van der Waals surface area contributed by atoms with E-state index in [0.29, 0.717) is 13.1 Å². The van der Waals surface area contributed by atoms with Crippen molar-refractivity contribution < 1.29 is 4.79 Å². The average molecular weight is 294 g/mol. The first kappa shape index (κ1) is 14.8. The van der Waals surface area contributed by atoms with Gasteiger partial charge in [0.05, 0.1) is 5.41 Å². The van der Waals surface area contributed by atoms with Gasteiger partial charge in [-0.15, -0.1) is 0 Å². The van der Waals surface area contributed by atoms with E-state index in [0.717, 1.165) is 19.3 Å². The molecule has 0 heterocycles. The van der Waals surface area contributed by atoms with Gasteiger partial charge in [-0.05, 0) is 36.0 Å². The number of nitrogens with one attached hydrogen (secondary N) is 1. The Morgan fingerprint density at radius 1 is 1.05 bits per heavy atom.